The van der Waals surface area contributed by atoms with E-state index in [4.69, 9.17) is 0 Å². The molecule has 1 spiro atoms. The third-order valence-electron chi connectivity index (χ3n) is 5.49. The highest BCUT2D eigenvalue weighted by Gasteiger charge is 2.47. The first-order valence-corrected chi connectivity index (χ1v) is 7.96. The molecule has 22 heavy (non-hydrogen) atoms. The van der Waals surface area contributed by atoms with E-state index in [1.165, 1.54) is 6.07 Å². The van der Waals surface area contributed by atoms with Gasteiger partial charge in [-0.05, 0) is 57.5 Å². The van der Waals surface area contributed by atoms with Crippen molar-refractivity contribution in [2.24, 2.45) is 0 Å². The molecule has 2 heterocycles. The smallest absolute Gasteiger partial charge is 0.263 e. The van der Waals surface area contributed by atoms with E-state index in [-0.39, 0.29) is 11.0 Å². The molecule has 0 aliphatic carbocycles. The summed E-state index contributed by atoms with van der Waals surface area (Å²) in [4.78, 5) is 4.53. The lowest BCUT2D eigenvalue weighted by atomic mass is 9.72. The van der Waals surface area contributed by atoms with E-state index in [1.807, 2.05) is 13.1 Å². The number of rotatable bonds is 2. The van der Waals surface area contributed by atoms with E-state index in [9.17, 15) is 8.78 Å². The van der Waals surface area contributed by atoms with Crippen LogP contribution in [0.25, 0.3) is 0 Å². The maximum absolute atomic E-state index is 13.1. The van der Waals surface area contributed by atoms with Crippen molar-refractivity contribution in [2.75, 3.05) is 25.0 Å². The summed E-state index contributed by atoms with van der Waals surface area (Å²) in [7, 11) is 1.99. The van der Waals surface area contributed by atoms with Crippen LogP contribution in [0.2, 0.25) is 0 Å². The molecule has 0 radical (unpaired) electrons. The summed E-state index contributed by atoms with van der Waals surface area (Å²) in [6.07, 6.45) is -0.514. The first-order valence-electron chi connectivity index (χ1n) is 7.96. The molecule has 3 rings (SSSR count). The molecule has 0 N–H and O–H groups in total. The van der Waals surface area contributed by atoms with Crippen molar-refractivity contribution in [3.05, 3.63) is 41.6 Å². The van der Waals surface area contributed by atoms with Crippen LogP contribution in [0.5, 0.6) is 0 Å². The molecule has 1 aromatic rings. The zero-order valence-corrected chi connectivity index (χ0v) is 13.6. The number of allylic oxidation sites excluding steroid dienone is 1. The van der Waals surface area contributed by atoms with Gasteiger partial charge in [0.25, 0.3) is 6.43 Å². The van der Waals surface area contributed by atoms with Crippen molar-refractivity contribution in [1.29, 1.82) is 0 Å². The Hall–Kier alpha value is -1.42. The Morgan fingerprint density at radius 2 is 1.82 bits per heavy atom. The molecule has 1 saturated heterocycles. The van der Waals surface area contributed by atoms with E-state index in [1.54, 1.807) is 6.07 Å². The van der Waals surface area contributed by atoms with Gasteiger partial charge in [-0.3, -0.25) is 0 Å². The van der Waals surface area contributed by atoms with Crippen molar-refractivity contribution in [1.82, 2.24) is 4.90 Å². The molecule has 4 heteroatoms. The fraction of sp³-hybridized carbons (Fsp3) is 0.556. The van der Waals surface area contributed by atoms with Gasteiger partial charge in [0.15, 0.2) is 0 Å². The number of benzene rings is 1. The van der Waals surface area contributed by atoms with E-state index >= 15 is 0 Å². The normalized spacial score (nSPS) is 21.2. The predicted octanol–water partition coefficient (Wildman–Crippen LogP) is 4.33. The predicted molar refractivity (Wildman–Crippen MR) is 86.6 cm³/mol. The fourth-order valence-electron chi connectivity index (χ4n) is 3.97. The Balaban J connectivity index is 2.00. The molecule has 1 aromatic carbocycles. The maximum Gasteiger partial charge on any atom is 0.263 e. The van der Waals surface area contributed by atoms with Gasteiger partial charge in [-0.25, -0.2) is 8.78 Å². The van der Waals surface area contributed by atoms with E-state index < -0.39 is 6.43 Å². The number of anilines is 1. The topological polar surface area (TPSA) is 6.48 Å². The number of alkyl halides is 2. The third-order valence-corrected chi connectivity index (χ3v) is 5.49. The minimum absolute atomic E-state index is 0.118. The maximum atomic E-state index is 13.1. The molecule has 0 aromatic heterocycles. The number of hydrogen-bond acceptors (Lipinski definition) is 2. The Morgan fingerprint density at radius 1 is 1.18 bits per heavy atom. The molecule has 2 nitrogen and oxygen atoms in total. The van der Waals surface area contributed by atoms with Crippen molar-refractivity contribution in [2.45, 2.75) is 44.6 Å². The summed E-state index contributed by atoms with van der Waals surface area (Å²) in [6, 6.07) is 5.59. The van der Waals surface area contributed by atoms with Gasteiger partial charge in [0, 0.05) is 35.5 Å². The largest absolute Gasteiger partial charge is 0.348 e. The molecule has 2 aliphatic heterocycles. The van der Waals surface area contributed by atoms with Crippen molar-refractivity contribution in [3.8, 4) is 0 Å². The SMILES string of the molecule is C=C1N(C)c2ccc(C(F)F)cc2C12CCN(C(C)C)CC2. The van der Waals surface area contributed by atoms with E-state index in [2.05, 4.69) is 30.2 Å². The molecule has 0 unspecified atom stereocenters. The van der Waals surface area contributed by atoms with Gasteiger partial charge in [0.05, 0.1) is 0 Å². The summed E-state index contributed by atoms with van der Waals surface area (Å²) in [5.74, 6) is 0. The molecule has 0 saturated carbocycles. The summed E-state index contributed by atoms with van der Waals surface area (Å²) < 4.78 is 26.2. The highest BCUT2D eigenvalue weighted by molar-refractivity contribution is 5.71. The van der Waals surface area contributed by atoms with Gasteiger partial charge in [0.2, 0.25) is 0 Å². The second-order valence-electron chi connectivity index (χ2n) is 6.79. The number of halogens is 2. The number of piperidine rings is 1. The number of likely N-dealkylation sites (tertiary alicyclic amines) is 1. The van der Waals surface area contributed by atoms with Crippen LogP contribution in [0.3, 0.4) is 0 Å². The molecule has 0 atom stereocenters. The van der Waals surface area contributed by atoms with Gasteiger partial charge >= 0.3 is 0 Å². The van der Waals surface area contributed by atoms with Gasteiger partial charge in [-0.2, -0.15) is 0 Å². The minimum atomic E-state index is -2.42. The average molecular weight is 306 g/mol. The lowest BCUT2D eigenvalue weighted by Gasteiger charge is -2.42. The van der Waals surface area contributed by atoms with Crippen molar-refractivity contribution >= 4 is 5.69 Å². The van der Waals surface area contributed by atoms with Crippen molar-refractivity contribution < 1.29 is 8.78 Å². The monoisotopic (exact) mass is 306 g/mol. The van der Waals surface area contributed by atoms with Gasteiger partial charge < -0.3 is 9.80 Å². The Labute approximate surface area is 131 Å². The standard InChI is InChI=1S/C18H24F2N2/c1-12(2)22-9-7-18(8-10-22)13(3)21(4)16-6-5-14(17(19)20)11-15(16)18/h5-6,11-12,17H,3,7-10H2,1-2,4H3. The lowest BCUT2D eigenvalue weighted by molar-refractivity contribution is 0.144. The summed E-state index contributed by atoms with van der Waals surface area (Å²) in [5.41, 5.74) is 3.08. The van der Waals surface area contributed by atoms with Crippen LogP contribution >= 0.6 is 0 Å². The highest BCUT2D eigenvalue weighted by Crippen LogP contribution is 2.53. The summed E-state index contributed by atoms with van der Waals surface area (Å²) >= 11 is 0. The van der Waals surface area contributed by atoms with E-state index in [0.29, 0.717) is 6.04 Å². The van der Waals surface area contributed by atoms with Crippen LogP contribution in [-0.2, 0) is 5.41 Å². The quantitative estimate of drug-likeness (QED) is 0.802. The summed E-state index contributed by atoms with van der Waals surface area (Å²) in [6.45, 7) is 10.7. The summed E-state index contributed by atoms with van der Waals surface area (Å²) in [5, 5.41) is 0. The molecule has 0 bridgehead atoms. The van der Waals surface area contributed by atoms with Crippen LogP contribution in [-0.4, -0.2) is 31.1 Å². The van der Waals surface area contributed by atoms with Gasteiger partial charge in [0.1, 0.15) is 0 Å². The molecular formula is C18H24F2N2. The van der Waals surface area contributed by atoms with Gasteiger partial charge in [-0.1, -0.05) is 12.6 Å². The fourth-order valence-corrected chi connectivity index (χ4v) is 3.97. The molecule has 120 valence electrons. The number of nitrogens with zero attached hydrogens (tertiary/aromatic N) is 2. The van der Waals surface area contributed by atoms with Crippen LogP contribution in [0.15, 0.2) is 30.5 Å². The van der Waals surface area contributed by atoms with Crippen LogP contribution in [0.1, 0.15) is 44.2 Å². The second kappa shape index (κ2) is 5.34. The van der Waals surface area contributed by atoms with Crippen LogP contribution < -0.4 is 4.90 Å². The highest BCUT2D eigenvalue weighted by atomic mass is 19.3. The third kappa shape index (κ3) is 2.16. The number of likely N-dealkylation sites (N-methyl/N-ethyl adjacent to an activating group) is 1. The zero-order chi connectivity index (χ0) is 16.1. The first-order chi connectivity index (χ1) is 10.4. The Bertz CT molecular complexity index is 587. The molecule has 0 amide bonds. The van der Waals surface area contributed by atoms with E-state index in [0.717, 1.165) is 42.9 Å². The average Bonchev–Trinajstić information content (AvgIpc) is 2.70. The number of hydrogen-bond donors (Lipinski definition) is 0. The molecular weight excluding hydrogens is 282 g/mol. The zero-order valence-electron chi connectivity index (χ0n) is 13.6. The first kappa shape index (κ1) is 15.5. The van der Waals surface area contributed by atoms with Crippen LogP contribution in [0, 0.1) is 0 Å². The molecule has 2 aliphatic rings. The second-order valence-corrected chi connectivity index (χ2v) is 6.79. The Kier molecular flexibility index (Phi) is 3.76. The number of fused-ring (bicyclic) bond motifs is 2. The Morgan fingerprint density at radius 3 is 2.36 bits per heavy atom. The minimum Gasteiger partial charge on any atom is -0.348 e. The van der Waals surface area contributed by atoms with Gasteiger partial charge in [-0.15, -0.1) is 0 Å². The lowest BCUT2D eigenvalue weighted by Crippen LogP contribution is -2.45. The van der Waals surface area contributed by atoms with Crippen LogP contribution in [0.4, 0.5) is 14.5 Å². The molecule has 1 fully saturated rings. The van der Waals surface area contributed by atoms with Crippen molar-refractivity contribution in [3.63, 3.8) is 0 Å².